The van der Waals surface area contributed by atoms with Crippen LogP contribution in [0.15, 0.2) is 54.6 Å². The second-order valence-electron chi connectivity index (χ2n) is 5.83. The standard InChI is InChI=1S/C20H23NO3/c1-2-16(17-8-4-3-5-9-17)14-19(22)21-12-11-15-7-6-10-18(13-15)20(23)24/h3-10,13,16H,2,11-12,14H2,1H3,(H,21,22)(H,23,24). The maximum atomic E-state index is 12.1. The van der Waals surface area contributed by atoms with E-state index >= 15 is 0 Å². The van der Waals surface area contributed by atoms with Gasteiger partial charge in [0.1, 0.15) is 0 Å². The van der Waals surface area contributed by atoms with Crippen LogP contribution >= 0.6 is 0 Å². The average Bonchev–Trinajstić information content (AvgIpc) is 2.60. The molecule has 2 aromatic rings. The number of carbonyl (C=O) groups excluding carboxylic acids is 1. The Labute approximate surface area is 142 Å². The zero-order valence-electron chi connectivity index (χ0n) is 13.9. The second kappa shape index (κ2) is 8.87. The smallest absolute Gasteiger partial charge is 0.335 e. The minimum absolute atomic E-state index is 0.0279. The summed E-state index contributed by atoms with van der Waals surface area (Å²) in [5, 5.41) is 11.9. The number of hydrogen-bond acceptors (Lipinski definition) is 2. The molecule has 0 fully saturated rings. The molecule has 0 saturated carbocycles. The maximum absolute atomic E-state index is 12.1. The van der Waals surface area contributed by atoms with Crippen molar-refractivity contribution in [3.8, 4) is 0 Å². The lowest BCUT2D eigenvalue weighted by Crippen LogP contribution is -2.27. The van der Waals surface area contributed by atoms with Gasteiger partial charge in [0, 0.05) is 13.0 Å². The third kappa shape index (κ3) is 5.23. The fraction of sp³-hybridized carbons (Fsp3) is 0.300. The van der Waals surface area contributed by atoms with Crippen molar-refractivity contribution in [2.45, 2.75) is 32.1 Å². The molecule has 1 amide bonds. The van der Waals surface area contributed by atoms with Crippen molar-refractivity contribution >= 4 is 11.9 Å². The highest BCUT2D eigenvalue weighted by molar-refractivity contribution is 5.87. The SMILES string of the molecule is CCC(CC(=O)NCCc1cccc(C(=O)O)c1)c1ccccc1. The molecule has 126 valence electrons. The van der Waals surface area contributed by atoms with E-state index < -0.39 is 5.97 Å². The number of amides is 1. The van der Waals surface area contributed by atoms with Gasteiger partial charge >= 0.3 is 5.97 Å². The molecular weight excluding hydrogens is 302 g/mol. The Balaban J connectivity index is 1.83. The number of carbonyl (C=O) groups is 2. The van der Waals surface area contributed by atoms with Gasteiger partial charge in [0.25, 0.3) is 0 Å². The van der Waals surface area contributed by atoms with Crippen LogP contribution in [0.1, 0.15) is 47.2 Å². The minimum atomic E-state index is -0.936. The molecule has 0 aromatic heterocycles. The normalized spacial score (nSPS) is 11.7. The first-order chi connectivity index (χ1) is 11.6. The minimum Gasteiger partial charge on any atom is -0.478 e. The number of carboxylic acids is 1. The fourth-order valence-corrected chi connectivity index (χ4v) is 2.73. The topological polar surface area (TPSA) is 66.4 Å². The van der Waals surface area contributed by atoms with Crippen LogP contribution in [0.4, 0.5) is 0 Å². The Kier molecular flexibility index (Phi) is 6.55. The summed E-state index contributed by atoms with van der Waals surface area (Å²) in [5.74, 6) is -0.684. The van der Waals surface area contributed by atoms with Crippen LogP contribution in [0.25, 0.3) is 0 Å². The molecule has 0 radical (unpaired) electrons. The van der Waals surface area contributed by atoms with Gasteiger partial charge in [-0.2, -0.15) is 0 Å². The lowest BCUT2D eigenvalue weighted by atomic mass is 9.93. The van der Waals surface area contributed by atoms with Crippen LogP contribution < -0.4 is 5.32 Å². The Morgan fingerprint density at radius 2 is 1.83 bits per heavy atom. The van der Waals surface area contributed by atoms with Crippen molar-refractivity contribution in [2.75, 3.05) is 6.54 Å². The zero-order chi connectivity index (χ0) is 17.4. The van der Waals surface area contributed by atoms with Gasteiger partial charge in [-0.05, 0) is 42.0 Å². The van der Waals surface area contributed by atoms with Crippen molar-refractivity contribution in [3.63, 3.8) is 0 Å². The molecule has 24 heavy (non-hydrogen) atoms. The summed E-state index contributed by atoms with van der Waals surface area (Å²) in [5.41, 5.74) is 2.36. The predicted molar refractivity (Wildman–Crippen MR) is 94.2 cm³/mol. The number of nitrogens with one attached hydrogen (secondary N) is 1. The van der Waals surface area contributed by atoms with E-state index in [1.165, 1.54) is 5.56 Å². The van der Waals surface area contributed by atoms with E-state index in [4.69, 9.17) is 5.11 Å². The van der Waals surface area contributed by atoms with E-state index in [0.717, 1.165) is 12.0 Å². The van der Waals surface area contributed by atoms with Crippen molar-refractivity contribution in [1.29, 1.82) is 0 Å². The molecule has 2 N–H and O–H groups in total. The Morgan fingerprint density at radius 3 is 2.50 bits per heavy atom. The molecule has 0 bridgehead atoms. The van der Waals surface area contributed by atoms with E-state index in [1.807, 2.05) is 24.3 Å². The first-order valence-corrected chi connectivity index (χ1v) is 8.24. The number of rotatable bonds is 8. The molecule has 0 spiro atoms. The monoisotopic (exact) mass is 325 g/mol. The first kappa shape index (κ1) is 17.7. The molecule has 1 atom stereocenters. The van der Waals surface area contributed by atoms with Gasteiger partial charge in [0.05, 0.1) is 5.56 Å². The van der Waals surface area contributed by atoms with E-state index in [-0.39, 0.29) is 17.4 Å². The highest BCUT2D eigenvalue weighted by Gasteiger charge is 2.13. The third-order valence-corrected chi connectivity index (χ3v) is 4.11. The summed E-state index contributed by atoms with van der Waals surface area (Å²) in [6, 6.07) is 16.9. The molecule has 4 heteroatoms. The molecule has 0 aliphatic rings. The van der Waals surface area contributed by atoms with E-state index in [2.05, 4.69) is 24.4 Å². The van der Waals surface area contributed by atoms with Crippen LogP contribution in [0.2, 0.25) is 0 Å². The van der Waals surface area contributed by atoms with Gasteiger partial charge in [-0.15, -0.1) is 0 Å². The summed E-state index contributed by atoms with van der Waals surface area (Å²) in [6.45, 7) is 2.59. The first-order valence-electron chi connectivity index (χ1n) is 8.24. The number of aromatic carboxylic acids is 1. The Morgan fingerprint density at radius 1 is 1.08 bits per heavy atom. The van der Waals surface area contributed by atoms with Crippen molar-refractivity contribution in [1.82, 2.24) is 5.32 Å². The highest BCUT2D eigenvalue weighted by atomic mass is 16.4. The summed E-state index contributed by atoms with van der Waals surface area (Å²) in [4.78, 5) is 23.1. The van der Waals surface area contributed by atoms with E-state index in [9.17, 15) is 9.59 Å². The molecular formula is C20H23NO3. The Bertz CT molecular complexity index is 682. The van der Waals surface area contributed by atoms with Gasteiger partial charge in [0.15, 0.2) is 0 Å². The van der Waals surface area contributed by atoms with Crippen LogP contribution in [-0.4, -0.2) is 23.5 Å². The highest BCUT2D eigenvalue weighted by Crippen LogP contribution is 2.22. The molecule has 2 aromatic carbocycles. The quantitative estimate of drug-likeness (QED) is 0.779. The molecule has 4 nitrogen and oxygen atoms in total. The number of carboxylic acid groups (broad SMARTS) is 1. The zero-order valence-corrected chi connectivity index (χ0v) is 13.9. The van der Waals surface area contributed by atoms with Gasteiger partial charge in [-0.3, -0.25) is 4.79 Å². The van der Waals surface area contributed by atoms with Gasteiger partial charge < -0.3 is 10.4 Å². The molecule has 0 saturated heterocycles. The van der Waals surface area contributed by atoms with Crippen molar-refractivity contribution in [2.24, 2.45) is 0 Å². The Hall–Kier alpha value is -2.62. The van der Waals surface area contributed by atoms with Crippen LogP contribution in [0, 0.1) is 0 Å². The van der Waals surface area contributed by atoms with Gasteiger partial charge in [-0.25, -0.2) is 4.79 Å². The summed E-state index contributed by atoms with van der Waals surface area (Å²) in [7, 11) is 0. The lowest BCUT2D eigenvalue weighted by Gasteiger charge is -2.15. The van der Waals surface area contributed by atoms with Gasteiger partial charge in [-0.1, -0.05) is 49.4 Å². The van der Waals surface area contributed by atoms with Crippen LogP contribution in [0.3, 0.4) is 0 Å². The average molecular weight is 325 g/mol. The van der Waals surface area contributed by atoms with Crippen LogP contribution in [-0.2, 0) is 11.2 Å². The second-order valence-corrected chi connectivity index (χ2v) is 5.83. The van der Waals surface area contributed by atoms with Crippen molar-refractivity contribution in [3.05, 3.63) is 71.3 Å². The molecule has 1 unspecified atom stereocenters. The van der Waals surface area contributed by atoms with Crippen LogP contribution in [0.5, 0.6) is 0 Å². The number of hydrogen-bond donors (Lipinski definition) is 2. The summed E-state index contributed by atoms with van der Waals surface area (Å²) >= 11 is 0. The largest absolute Gasteiger partial charge is 0.478 e. The molecule has 0 aliphatic heterocycles. The fourth-order valence-electron chi connectivity index (χ4n) is 2.73. The lowest BCUT2D eigenvalue weighted by molar-refractivity contribution is -0.121. The predicted octanol–water partition coefficient (Wildman–Crippen LogP) is 3.63. The summed E-state index contributed by atoms with van der Waals surface area (Å²) in [6.07, 6.45) is 2.00. The molecule has 0 aliphatic carbocycles. The van der Waals surface area contributed by atoms with Crippen molar-refractivity contribution < 1.29 is 14.7 Å². The van der Waals surface area contributed by atoms with Gasteiger partial charge in [0.2, 0.25) is 5.91 Å². The van der Waals surface area contributed by atoms with E-state index in [0.29, 0.717) is 19.4 Å². The van der Waals surface area contributed by atoms with E-state index in [1.54, 1.807) is 18.2 Å². The third-order valence-electron chi connectivity index (χ3n) is 4.11. The molecule has 0 heterocycles. The number of benzene rings is 2. The maximum Gasteiger partial charge on any atom is 0.335 e. The summed E-state index contributed by atoms with van der Waals surface area (Å²) < 4.78 is 0. The molecule has 2 rings (SSSR count).